The lowest BCUT2D eigenvalue weighted by Crippen LogP contribution is -2.44. The molecule has 1 N–H and O–H groups in total. The zero-order valence-corrected chi connectivity index (χ0v) is 16.5. The molecular weight excluding hydrogens is 360 g/mol. The van der Waals surface area contributed by atoms with Gasteiger partial charge in [0.15, 0.2) is 0 Å². The minimum atomic E-state index is -0.193. The summed E-state index contributed by atoms with van der Waals surface area (Å²) >= 11 is 1.44. The van der Waals surface area contributed by atoms with Gasteiger partial charge in [-0.25, -0.2) is 0 Å². The first-order valence-corrected chi connectivity index (χ1v) is 10.4. The van der Waals surface area contributed by atoms with Gasteiger partial charge in [-0.2, -0.15) is 0 Å². The number of carbonyl (C=O) groups excluding carboxylic acids is 2. The summed E-state index contributed by atoms with van der Waals surface area (Å²) in [6, 6.07) is 9.73. The summed E-state index contributed by atoms with van der Waals surface area (Å²) in [6.07, 6.45) is 5.10. The fraction of sp³-hybridized carbons (Fsp3) is 0.500. The van der Waals surface area contributed by atoms with Crippen molar-refractivity contribution in [3.05, 3.63) is 40.9 Å². The number of nitrogens with zero attached hydrogens (tertiary/aromatic N) is 3. The minimum Gasteiger partial charge on any atom is -0.342 e. The van der Waals surface area contributed by atoms with E-state index in [1.54, 1.807) is 0 Å². The lowest BCUT2D eigenvalue weighted by molar-refractivity contribution is -0.133. The van der Waals surface area contributed by atoms with Crippen molar-refractivity contribution in [2.45, 2.75) is 45.4 Å². The van der Waals surface area contributed by atoms with Gasteiger partial charge < -0.3 is 10.2 Å². The second kappa shape index (κ2) is 9.60. The van der Waals surface area contributed by atoms with Gasteiger partial charge in [0.1, 0.15) is 5.01 Å². The number of benzene rings is 1. The lowest BCUT2D eigenvalue weighted by Gasteiger charge is -2.32. The Kier molecular flexibility index (Phi) is 6.92. The molecule has 1 fully saturated rings. The standard InChI is InChI=1S/C20H26N4O2S/c1-2-3-11-17-22-23-20(27-17)21-19(26)16-10-7-12-24(14-16)18(25)13-15-8-5-4-6-9-15/h4-6,8-9,16H,2-3,7,10-14H2,1H3,(H,21,23,26). The van der Waals surface area contributed by atoms with Gasteiger partial charge in [0.25, 0.3) is 0 Å². The van der Waals surface area contributed by atoms with E-state index in [0.29, 0.717) is 18.1 Å². The summed E-state index contributed by atoms with van der Waals surface area (Å²) in [4.78, 5) is 27.0. The Morgan fingerprint density at radius 1 is 1.26 bits per heavy atom. The Balaban J connectivity index is 1.53. The van der Waals surface area contributed by atoms with Crippen LogP contribution >= 0.6 is 11.3 Å². The fourth-order valence-corrected chi connectivity index (χ4v) is 4.03. The smallest absolute Gasteiger partial charge is 0.231 e. The third-order valence-electron chi connectivity index (χ3n) is 4.78. The van der Waals surface area contributed by atoms with Crippen LogP contribution in [0.4, 0.5) is 5.13 Å². The van der Waals surface area contributed by atoms with Crippen molar-refractivity contribution in [2.75, 3.05) is 18.4 Å². The van der Waals surface area contributed by atoms with Gasteiger partial charge in [0.05, 0.1) is 12.3 Å². The Labute approximate surface area is 164 Å². The Hall–Kier alpha value is -2.28. The Morgan fingerprint density at radius 2 is 2.07 bits per heavy atom. The van der Waals surface area contributed by atoms with Crippen LogP contribution in [0.25, 0.3) is 0 Å². The van der Waals surface area contributed by atoms with Crippen LogP contribution in [-0.2, 0) is 22.4 Å². The first kappa shape index (κ1) is 19.5. The van der Waals surface area contributed by atoms with Crippen LogP contribution in [0.5, 0.6) is 0 Å². The zero-order valence-electron chi connectivity index (χ0n) is 15.7. The van der Waals surface area contributed by atoms with Gasteiger partial charge in [-0.3, -0.25) is 9.59 Å². The SMILES string of the molecule is CCCCc1nnc(NC(=O)C2CCCN(C(=O)Cc3ccccc3)C2)s1. The number of hydrogen-bond donors (Lipinski definition) is 1. The first-order valence-electron chi connectivity index (χ1n) is 9.60. The Morgan fingerprint density at radius 3 is 2.85 bits per heavy atom. The number of piperidine rings is 1. The normalized spacial score (nSPS) is 16.9. The number of unbranched alkanes of at least 4 members (excludes halogenated alkanes) is 1. The van der Waals surface area contributed by atoms with E-state index in [1.165, 1.54) is 11.3 Å². The molecular formula is C20H26N4O2S. The summed E-state index contributed by atoms with van der Waals surface area (Å²) in [5.41, 5.74) is 1.00. The molecule has 1 aromatic carbocycles. The molecule has 1 aliphatic heterocycles. The molecule has 1 unspecified atom stereocenters. The highest BCUT2D eigenvalue weighted by atomic mass is 32.1. The van der Waals surface area contributed by atoms with Crippen LogP contribution < -0.4 is 5.32 Å². The molecule has 3 rings (SSSR count). The van der Waals surface area contributed by atoms with Crippen LogP contribution in [0.2, 0.25) is 0 Å². The second-order valence-electron chi connectivity index (χ2n) is 6.94. The van der Waals surface area contributed by atoms with Crippen molar-refractivity contribution in [1.29, 1.82) is 0 Å². The number of amides is 2. The Bertz CT molecular complexity index is 762. The molecule has 7 heteroatoms. The van der Waals surface area contributed by atoms with Crippen molar-refractivity contribution in [2.24, 2.45) is 5.92 Å². The average molecular weight is 387 g/mol. The van der Waals surface area contributed by atoms with Crippen molar-refractivity contribution in [3.63, 3.8) is 0 Å². The van der Waals surface area contributed by atoms with E-state index in [9.17, 15) is 9.59 Å². The van der Waals surface area contributed by atoms with Crippen LogP contribution in [0, 0.1) is 5.92 Å². The summed E-state index contributed by atoms with van der Waals surface area (Å²) in [5, 5.41) is 12.6. The highest BCUT2D eigenvalue weighted by Gasteiger charge is 2.29. The van der Waals surface area contributed by atoms with E-state index in [2.05, 4.69) is 22.4 Å². The minimum absolute atomic E-state index is 0.0644. The topological polar surface area (TPSA) is 75.2 Å². The van der Waals surface area contributed by atoms with Crippen molar-refractivity contribution in [3.8, 4) is 0 Å². The van der Waals surface area contributed by atoms with Crippen LogP contribution in [0.1, 0.15) is 43.2 Å². The van der Waals surface area contributed by atoms with Gasteiger partial charge in [0.2, 0.25) is 16.9 Å². The summed E-state index contributed by atoms with van der Waals surface area (Å²) in [6.45, 7) is 3.33. The molecule has 1 aliphatic rings. The number of nitrogens with one attached hydrogen (secondary N) is 1. The van der Waals surface area contributed by atoms with Gasteiger partial charge in [-0.1, -0.05) is 55.0 Å². The molecule has 0 bridgehead atoms. The van der Waals surface area contributed by atoms with Gasteiger partial charge in [-0.15, -0.1) is 10.2 Å². The van der Waals surface area contributed by atoms with Crippen molar-refractivity contribution >= 4 is 28.3 Å². The zero-order chi connectivity index (χ0) is 19.1. The van der Waals surface area contributed by atoms with E-state index in [1.807, 2.05) is 35.2 Å². The second-order valence-corrected chi connectivity index (χ2v) is 8.00. The van der Waals surface area contributed by atoms with Crippen LogP contribution in [0.15, 0.2) is 30.3 Å². The number of rotatable bonds is 7. The van der Waals surface area contributed by atoms with Crippen LogP contribution in [0.3, 0.4) is 0 Å². The largest absolute Gasteiger partial charge is 0.342 e. The van der Waals surface area contributed by atoms with Gasteiger partial charge >= 0.3 is 0 Å². The summed E-state index contributed by atoms with van der Waals surface area (Å²) in [5.74, 6) is -0.177. The van der Waals surface area contributed by atoms with E-state index in [0.717, 1.165) is 49.2 Å². The number of carbonyl (C=O) groups is 2. The van der Waals surface area contributed by atoms with E-state index >= 15 is 0 Å². The molecule has 0 saturated carbocycles. The molecule has 1 aromatic heterocycles. The first-order chi connectivity index (χ1) is 13.2. The molecule has 1 saturated heterocycles. The molecule has 144 valence electrons. The maximum absolute atomic E-state index is 12.6. The maximum Gasteiger partial charge on any atom is 0.231 e. The number of anilines is 1. The van der Waals surface area contributed by atoms with E-state index in [-0.39, 0.29) is 17.7 Å². The molecule has 2 amide bonds. The highest BCUT2D eigenvalue weighted by molar-refractivity contribution is 7.15. The molecule has 0 radical (unpaired) electrons. The van der Waals surface area contributed by atoms with Crippen LogP contribution in [-0.4, -0.2) is 40.0 Å². The quantitative estimate of drug-likeness (QED) is 0.792. The number of likely N-dealkylation sites (tertiary alicyclic amines) is 1. The van der Waals surface area contributed by atoms with Crippen molar-refractivity contribution in [1.82, 2.24) is 15.1 Å². The van der Waals surface area contributed by atoms with Gasteiger partial charge in [-0.05, 0) is 24.8 Å². The predicted molar refractivity (Wildman–Crippen MR) is 107 cm³/mol. The summed E-state index contributed by atoms with van der Waals surface area (Å²) in [7, 11) is 0. The molecule has 2 aromatic rings. The molecule has 2 heterocycles. The lowest BCUT2D eigenvalue weighted by atomic mass is 9.96. The monoisotopic (exact) mass is 386 g/mol. The maximum atomic E-state index is 12.6. The molecule has 6 nitrogen and oxygen atoms in total. The molecule has 0 spiro atoms. The van der Waals surface area contributed by atoms with Crippen molar-refractivity contribution < 1.29 is 9.59 Å². The van der Waals surface area contributed by atoms with Gasteiger partial charge in [0, 0.05) is 19.5 Å². The average Bonchev–Trinajstić information content (AvgIpc) is 3.14. The highest BCUT2D eigenvalue weighted by Crippen LogP contribution is 2.22. The number of hydrogen-bond acceptors (Lipinski definition) is 5. The third kappa shape index (κ3) is 5.60. The molecule has 0 aliphatic carbocycles. The molecule has 27 heavy (non-hydrogen) atoms. The third-order valence-corrected chi connectivity index (χ3v) is 5.68. The van der Waals surface area contributed by atoms with E-state index in [4.69, 9.17) is 0 Å². The predicted octanol–water partition coefficient (Wildman–Crippen LogP) is 3.30. The number of aromatic nitrogens is 2. The van der Waals surface area contributed by atoms with E-state index < -0.39 is 0 Å². The molecule has 1 atom stereocenters. The number of aryl methyl sites for hydroxylation is 1. The fourth-order valence-electron chi connectivity index (χ4n) is 3.24. The summed E-state index contributed by atoms with van der Waals surface area (Å²) < 4.78 is 0.